The Balaban J connectivity index is 2.52. The highest BCUT2D eigenvalue weighted by Crippen LogP contribution is 2.35. The van der Waals surface area contributed by atoms with Gasteiger partial charge in [-0.25, -0.2) is 0 Å². The van der Waals surface area contributed by atoms with Crippen molar-refractivity contribution in [2.75, 3.05) is 0 Å². The van der Waals surface area contributed by atoms with E-state index in [0.29, 0.717) is 16.7 Å². The third kappa shape index (κ3) is 3.51. The SMILES string of the molecule is CC(=O)NC(c1ccc(C#N)cc1)c1cc(Cl)c(Cl)cc1O. The van der Waals surface area contributed by atoms with Crippen LogP contribution in [0.5, 0.6) is 5.75 Å². The van der Waals surface area contributed by atoms with Gasteiger partial charge in [0.15, 0.2) is 0 Å². The van der Waals surface area contributed by atoms with E-state index in [4.69, 9.17) is 28.5 Å². The number of nitrogens with zero attached hydrogens (tertiary/aromatic N) is 1. The highest BCUT2D eigenvalue weighted by atomic mass is 35.5. The molecule has 0 heterocycles. The first-order valence-corrected chi connectivity index (χ1v) is 7.13. The van der Waals surface area contributed by atoms with Crippen LogP contribution in [0.4, 0.5) is 0 Å². The van der Waals surface area contributed by atoms with Crippen molar-refractivity contribution >= 4 is 29.1 Å². The Bertz CT molecular complexity index is 752. The second kappa shape index (κ2) is 6.69. The number of nitriles is 1. The summed E-state index contributed by atoms with van der Waals surface area (Å²) in [6, 6.07) is 11.0. The summed E-state index contributed by atoms with van der Waals surface area (Å²) in [5.74, 6) is -0.336. The van der Waals surface area contributed by atoms with Crippen molar-refractivity contribution in [1.29, 1.82) is 5.26 Å². The molecule has 1 amide bonds. The van der Waals surface area contributed by atoms with Gasteiger partial charge in [0.05, 0.1) is 27.7 Å². The quantitative estimate of drug-likeness (QED) is 0.896. The number of hydrogen-bond acceptors (Lipinski definition) is 3. The van der Waals surface area contributed by atoms with Gasteiger partial charge in [0.2, 0.25) is 5.91 Å². The van der Waals surface area contributed by atoms with Crippen LogP contribution in [0.15, 0.2) is 36.4 Å². The zero-order chi connectivity index (χ0) is 16.3. The van der Waals surface area contributed by atoms with Crippen LogP contribution in [-0.2, 0) is 4.79 Å². The van der Waals surface area contributed by atoms with Gasteiger partial charge in [0.1, 0.15) is 5.75 Å². The fourth-order valence-corrected chi connectivity index (χ4v) is 2.41. The van der Waals surface area contributed by atoms with E-state index in [1.165, 1.54) is 19.1 Å². The lowest BCUT2D eigenvalue weighted by atomic mass is 9.97. The molecule has 2 N–H and O–H groups in total. The summed E-state index contributed by atoms with van der Waals surface area (Å²) >= 11 is 11.9. The molecule has 0 saturated heterocycles. The van der Waals surface area contributed by atoms with E-state index >= 15 is 0 Å². The molecule has 22 heavy (non-hydrogen) atoms. The van der Waals surface area contributed by atoms with Crippen LogP contribution in [0.3, 0.4) is 0 Å². The van der Waals surface area contributed by atoms with Gasteiger partial charge in [-0.3, -0.25) is 4.79 Å². The molecule has 0 saturated carbocycles. The van der Waals surface area contributed by atoms with E-state index in [9.17, 15) is 9.90 Å². The van der Waals surface area contributed by atoms with Crippen molar-refractivity contribution in [2.45, 2.75) is 13.0 Å². The molecule has 0 aromatic heterocycles. The number of nitrogens with one attached hydrogen (secondary N) is 1. The van der Waals surface area contributed by atoms with Gasteiger partial charge in [0.25, 0.3) is 0 Å². The molecule has 1 unspecified atom stereocenters. The van der Waals surface area contributed by atoms with Gasteiger partial charge >= 0.3 is 0 Å². The predicted molar refractivity (Wildman–Crippen MR) is 84.9 cm³/mol. The van der Waals surface area contributed by atoms with Gasteiger partial charge in [-0.15, -0.1) is 0 Å². The number of carbonyl (C=O) groups excluding carboxylic acids is 1. The predicted octanol–water partition coefficient (Wildman–Crippen LogP) is 3.80. The summed E-state index contributed by atoms with van der Waals surface area (Å²) in [6.07, 6.45) is 0. The highest BCUT2D eigenvalue weighted by Gasteiger charge is 2.20. The first-order chi connectivity index (χ1) is 10.4. The summed E-state index contributed by atoms with van der Waals surface area (Å²) in [6.45, 7) is 1.38. The zero-order valence-electron chi connectivity index (χ0n) is 11.6. The Labute approximate surface area is 137 Å². The number of carbonyl (C=O) groups is 1. The van der Waals surface area contributed by atoms with Crippen LogP contribution in [-0.4, -0.2) is 11.0 Å². The second-order valence-corrected chi connectivity index (χ2v) is 5.51. The van der Waals surface area contributed by atoms with Gasteiger partial charge in [-0.2, -0.15) is 5.26 Å². The van der Waals surface area contributed by atoms with Crippen LogP contribution < -0.4 is 5.32 Å². The minimum absolute atomic E-state index is 0.0718. The van der Waals surface area contributed by atoms with E-state index in [1.807, 2.05) is 6.07 Å². The normalized spacial score (nSPS) is 11.5. The maximum atomic E-state index is 11.5. The molecule has 1 atom stereocenters. The van der Waals surface area contributed by atoms with Gasteiger partial charge < -0.3 is 10.4 Å². The van der Waals surface area contributed by atoms with Crippen molar-refractivity contribution < 1.29 is 9.90 Å². The lowest BCUT2D eigenvalue weighted by Gasteiger charge is -2.20. The fourth-order valence-electron chi connectivity index (χ4n) is 2.08. The lowest BCUT2D eigenvalue weighted by molar-refractivity contribution is -0.119. The van der Waals surface area contributed by atoms with E-state index < -0.39 is 6.04 Å². The standard InChI is InChI=1S/C16H12Cl2N2O2/c1-9(21)20-16(11-4-2-10(8-19)3-5-11)12-6-13(17)14(18)7-15(12)22/h2-7,16,22H,1H3,(H,20,21). The number of rotatable bonds is 3. The minimum Gasteiger partial charge on any atom is -0.508 e. The molecule has 0 aliphatic heterocycles. The maximum absolute atomic E-state index is 11.5. The Morgan fingerprint density at radius 2 is 1.82 bits per heavy atom. The average Bonchev–Trinajstić information content (AvgIpc) is 2.49. The molecule has 6 heteroatoms. The van der Waals surface area contributed by atoms with Crippen molar-refractivity contribution in [2.24, 2.45) is 0 Å². The molecule has 0 spiro atoms. The summed E-state index contributed by atoms with van der Waals surface area (Å²) in [5, 5.41) is 22.2. The summed E-state index contributed by atoms with van der Waals surface area (Å²) < 4.78 is 0. The zero-order valence-corrected chi connectivity index (χ0v) is 13.1. The molecule has 2 aromatic rings. The van der Waals surface area contributed by atoms with Gasteiger partial charge in [0, 0.05) is 18.6 Å². The fraction of sp³-hybridized carbons (Fsp3) is 0.125. The Kier molecular flexibility index (Phi) is 4.92. The van der Waals surface area contributed by atoms with E-state index in [0.717, 1.165) is 0 Å². The molecule has 112 valence electrons. The van der Waals surface area contributed by atoms with Crippen molar-refractivity contribution in [3.8, 4) is 11.8 Å². The van der Waals surface area contributed by atoms with Crippen LogP contribution in [0.25, 0.3) is 0 Å². The number of hydrogen-bond donors (Lipinski definition) is 2. The third-order valence-electron chi connectivity index (χ3n) is 3.10. The molecule has 0 radical (unpaired) electrons. The molecular formula is C16H12Cl2N2O2. The molecular weight excluding hydrogens is 323 g/mol. The lowest BCUT2D eigenvalue weighted by Crippen LogP contribution is -2.27. The monoisotopic (exact) mass is 334 g/mol. The highest BCUT2D eigenvalue weighted by molar-refractivity contribution is 6.42. The van der Waals surface area contributed by atoms with Gasteiger partial charge in [-0.05, 0) is 23.8 Å². The molecule has 0 fully saturated rings. The van der Waals surface area contributed by atoms with Crippen molar-refractivity contribution in [3.63, 3.8) is 0 Å². The van der Waals surface area contributed by atoms with Crippen molar-refractivity contribution in [1.82, 2.24) is 5.32 Å². The van der Waals surface area contributed by atoms with E-state index in [2.05, 4.69) is 5.32 Å². The van der Waals surface area contributed by atoms with Crippen LogP contribution in [0, 0.1) is 11.3 Å². The molecule has 0 bridgehead atoms. The summed E-state index contributed by atoms with van der Waals surface area (Å²) in [7, 11) is 0. The molecule has 2 rings (SSSR count). The van der Waals surface area contributed by atoms with Crippen molar-refractivity contribution in [3.05, 3.63) is 63.1 Å². The number of amides is 1. The first-order valence-electron chi connectivity index (χ1n) is 6.37. The van der Waals surface area contributed by atoms with Crippen LogP contribution in [0.1, 0.15) is 29.7 Å². The number of phenols is 1. The summed E-state index contributed by atoms with van der Waals surface area (Å²) in [4.78, 5) is 11.5. The molecule has 0 aliphatic rings. The topological polar surface area (TPSA) is 73.1 Å². The Hall–Kier alpha value is -2.22. The largest absolute Gasteiger partial charge is 0.508 e. The Morgan fingerprint density at radius 3 is 2.36 bits per heavy atom. The number of benzene rings is 2. The van der Waals surface area contributed by atoms with Crippen LogP contribution in [0.2, 0.25) is 10.0 Å². The Morgan fingerprint density at radius 1 is 1.23 bits per heavy atom. The number of aromatic hydroxyl groups is 1. The minimum atomic E-state index is -0.597. The number of halogens is 2. The molecule has 2 aromatic carbocycles. The van der Waals surface area contributed by atoms with Gasteiger partial charge in [-0.1, -0.05) is 35.3 Å². The summed E-state index contributed by atoms with van der Waals surface area (Å²) in [5.41, 5.74) is 1.64. The molecule has 4 nitrogen and oxygen atoms in total. The number of phenolic OH excluding ortho intramolecular Hbond substituents is 1. The third-order valence-corrected chi connectivity index (χ3v) is 3.82. The average molecular weight is 335 g/mol. The van der Waals surface area contributed by atoms with E-state index in [-0.39, 0.29) is 21.7 Å². The smallest absolute Gasteiger partial charge is 0.217 e. The second-order valence-electron chi connectivity index (χ2n) is 4.69. The maximum Gasteiger partial charge on any atom is 0.217 e. The molecule has 0 aliphatic carbocycles. The first kappa shape index (κ1) is 16.2. The van der Waals surface area contributed by atoms with Crippen LogP contribution >= 0.6 is 23.2 Å². The van der Waals surface area contributed by atoms with E-state index in [1.54, 1.807) is 24.3 Å².